The second kappa shape index (κ2) is 5.32. The number of methoxy groups -OCH3 is 1. The van der Waals surface area contributed by atoms with Crippen molar-refractivity contribution in [3.05, 3.63) is 0 Å². The van der Waals surface area contributed by atoms with Gasteiger partial charge in [-0.15, -0.1) is 0 Å². The fourth-order valence-corrected chi connectivity index (χ4v) is 1.94. The fourth-order valence-electron chi connectivity index (χ4n) is 1.94. The van der Waals surface area contributed by atoms with Gasteiger partial charge in [-0.2, -0.15) is 0 Å². The number of carbonyl (C=O) groups excluding carboxylic acids is 1. The molecule has 0 aromatic carbocycles. The third kappa shape index (κ3) is 3.27. The van der Waals surface area contributed by atoms with Gasteiger partial charge in [0.2, 0.25) is 0 Å². The van der Waals surface area contributed by atoms with Crippen LogP contribution < -0.4 is 5.73 Å². The molecule has 14 heavy (non-hydrogen) atoms. The van der Waals surface area contributed by atoms with Crippen LogP contribution in [-0.2, 0) is 9.53 Å². The molecule has 0 heterocycles. The van der Waals surface area contributed by atoms with Crippen molar-refractivity contribution in [2.24, 2.45) is 5.73 Å². The van der Waals surface area contributed by atoms with Gasteiger partial charge < -0.3 is 10.5 Å². The van der Waals surface area contributed by atoms with Gasteiger partial charge in [-0.05, 0) is 32.7 Å². The summed E-state index contributed by atoms with van der Waals surface area (Å²) in [7, 11) is 3.39. The van der Waals surface area contributed by atoms with Gasteiger partial charge in [0, 0.05) is 12.1 Å². The summed E-state index contributed by atoms with van der Waals surface area (Å²) >= 11 is 0. The van der Waals surface area contributed by atoms with Crippen molar-refractivity contribution in [2.75, 3.05) is 20.7 Å². The van der Waals surface area contributed by atoms with Gasteiger partial charge in [0.05, 0.1) is 13.7 Å². The third-order valence-corrected chi connectivity index (χ3v) is 2.97. The standard InChI is InChI=1S/C10H20N2O2/c1-12(7-10(13)14-2)9-5-3-8(11)4-6-9/h8-9H,3-7,11H2,1-2H3/t8-,9-. The molecule has 4 nitrogen and oxygen atoms in total. The average molecular weight is 200 g/mol. The lowest BCUT2D eigenvalue weighted by atomic mass is 9.91. The minimum absolute atomic E-state index is 0.164. The molecule has 0 saturated heterocycles. The van der Waals surface area contributed by atoms with Crippen molar-refractivity contribution in [3.8, 4) is 0 Å². The van der Waals surface area contributed by atoms with Crippen LogP contribution >= 0.6 is 0 Å². The van der Waals surface area contributed by atoms with E-state index in [1.54, 1.807) is 0 Å². The van der Waals surface area contributed by atoms with Crippen LogP contribution in [0, 0.1) is 0 Å². The molecule has 82 valence electrons. The van der Waals surface area contributed by atoms with E-state index in [-0.39, 0.29) is 5.97 Å². The number of nitrogens with zero attached hydrogens (tertiary/aromatic N) is 1. The first-order valence-corrected chi connectivity index (χ1v) is 5.16. The van der Waals surface area contributed by atoms with Crippen molar-refractivity contribution in [1.29, 1.82) is 0 Å². The first kappa shape index (κ1) is 11.5. The maximum Gasteiger partial charge on any atom is 0.319 e. The van der Waals surface area contributed by atoms with E-state index in [2.05, 4.69) is 9.64 Å². The largest absolute Gasteiger partial charge is 0.468 e. The van der Waals surface area contributed by atoms with Gasteiger partial charge in [0.15, 0.2) is 0 Å². The zero-order chi connectivity index (χ0) is 10.6. The van der Waals surface area contributed by atoms with Gasteiger partial charge in [-0.25, -0.2) is 0 Å². The second-order valence-corrected chi connectivity index (χ2v) is 4.06. The molecule has 0 unspecified atom stereocenters. The van der Waals surface area contributed by atoms with Crippen LogP contribution in [-0.4, -0.2) is 43.7 Å². The van der Waals surface area contributed by atoms with E-state index >= 15 is 0 Å². The molecule has 0 radical (unpaired) electrons. The molecule has 1 aliphatic carbocycles. The number of hydrogen-bond acceptors (Lipinski definition) is 4. The monoisotopic (exact) mass is 200 g/mol. The molecular weight excluding hydrogens is 180 g/mol. The van der Waals surface area contributed by atoms with Crippen LogP contribution in [0.5, 0.6) is 0 Å². The van der Waals surface area contributed by atoms with Crippen molar-refractivity contribution < 1.29 is 9.53 Å². The Morgan fingerprint density at radius 2 is 2.00 bits per heavy atom. The topological polar surface area (TPSA) is 55.6 Å². The van der Waals surface area contributed by atoms with E-state index in [1.165, 1.54) is 7.11 Å². The molecule has 0 aromatic heterocycles. The lowest BCUT2D eigenvalue weighted by molar-refractivity contribution is -0.142. The Hall–Kier alpha value is -0.610. The van der Waals surface area contributed by atoms with Crippen LogP contribution in [0.2, 0.25) is 0 Å². The molecular formula is C10H20N2O2. The predicted octanol–water partition coefficient (Wildman–Crippen LogP) is 0.361. The summed E-state index contributed by atoms with van der Waals surface area (Å²) in [6.45, 7) is 0.385. The van der Waals surface area contributed by atoms with Crippen LogP contribution in [0.25, 0.3) is 0 Å². The Morgan fingerprint density at radius 3 is 2.50 bits per heavy atom. The number of nitrogens with two attached hydrogens (primary N) is 1. The lowest BCUT2D eigenvalue weighted by Gasteiger charge is -2.32. The highest BCUT2D eigenvalue weighted by Crippen LogP contribution is 2.20. The van der Waals surface area contributed by atoms with Gasteiger partial charge >= 0.3 is 5.97 Å². The highest BCUT2D eigenvalue weighted by molar-refractivity contribution is 5.71. The van der Waals surface area contributed by atoms with E-state index in [9.17, 15) is 4.79 Å². The predicted molar refractivity (Wildman–Crippen MR) is 54.9 cm³/mol. The zero-order valence-electron chi connectivity index (χ0n) is 9.03. The fraction of sp³-hybridized carbons (Fsp3) is 0.900. The summed E-state index contributed by atoms with van der Waals surface area (Å²) in [5.74, 6) is -0.164. The Kier molecular flexibility index (Phi) is 4.35. The van der Waals surface area contributed by atoms with E-state index in [0.717, 1.165) is 25.7 Å². The molecule has 2 N–H and O–H groups in total. The number of ether oxygens (including phenoxy) is 1. The molecule has 1 rings (SSSR count). The summed E-state index contributed by atoms with van der Waals surface area (Å²) in [6, 6.07) is 0.853. The van der Waals surface area contributed by atoms with Gasteiger partial charge in [-0.1, -0.05) is 0 Å². The lowest BCUT2D eigenvalue weighted by Crippen LogP contribution is -2.41. The SMILES string of the molecule is COC(=O)CN(C)[C@H]1CC[C@H](N)CC1. The van der Waals surface area contributed by atoms with Gasteiger partial charge in [0.1, 0.15) is 0 Å². The average Bonchev–Trinajstić information content (AvgIpc) is 2.18. The summed E-state index contributed by atoms with van der Waals surface area (Å²) in [5.41, 5.74) is 5.81. The van der Waals surface area contributed by atoms with Crippen molar-refractivity contribution in [3.63, 3.8) is 0 Å². The van der Waals surface area contributed by atoms with Crippen molar-refractivity contribution in [1.82, 2.24) is 4.90 Å². The number of carbonyl (C=O) groups is 1. The smallest absolute Gasteiger partial charge is 0.319 e. The second-order valence-electron chi connectivity index (χ2n) is 4.06. The highest BCUT2D eigenvalue weighted by atomic mass is 16.5. The van der Waals surface area contributed by atoms with E-state index in [0.29, 0.717) is 18.6 Å². The minimum Gasteiger partial charge on any atom is -0.468 e. The summed E-state index contributed by atoms with van der Waals surface area (Å²) < 4.78 is 4.63. The third-order valence-electron chi connectivity index (χ3n) is 2.97. The Bertz CT molecular complexity index is 189. The Labute approximate surface area is 85.4 Å². The first-order valence-electron chi connectivity index (χ1n) is 5.16. The maximum atomic E-state index is 11.0. The van der Waals surface area contributed by atoms with Gasteiger partial charge in [-0.3, -0.25) is 9.69 Å². The molecule has 4 heteroatoms. The molecule has 1 fully saturated rings. The zero-order valence-corrected chi connectivity index (χ0v) is 9.03. The molecule has 0 atom stereocenters. The minimum atomic E-state index is -0.164. The molecule has 0 bridgehead atoms. The number of likely N-dealkylation sites (N-methyl/N-ethyl adjacent to an activating group) is 1. The highest BCUT2D eigenvalue weighted by Gasteiger charge is 2.23. The van der Waals surface area contributed by atoms with Crippen LogP contribution in [0.4, 0.5) is 0 Å². The summed E-state index contributed by atoms with van der Waals surface area (Å²) in [5, 5.41) is 0. The Balaban J connectivity index is 2.30. The molecule has 0 aliphatic heterocycles. The Morgan fingerprint density at radius 1 is 1.43 bits per heavy atom. The van der Waals surface area contributed by atoms with Crippen molar-refractivity contribution in [2.45, 2.75) is 37.8 Å². The van der Waals surface area contributed by atoms with Gasteiger partial charge in [0.25, 0.3) is 0 Å². The number of rotatable bonds is 3. The van der Waals surface area contributed by atoms with E-state index in [1.807, 2.05) is 7.05 Å². The quantitative estimate of drug-likeness (QED) is 0.668. The van der Waals surface area contributed by atoms with Crippen LogP contribution in [0.15, 0.2) is 0 Å². The molecule has 0 aromatic rings. The maximum absolute atomic E-state index is 11.0. The number of esters is 1. The number of hydrogen-bond donors (Lipinski definition) is 1. The van der Waals surface area contributed by atoms with E-state index in [4.69, 9.17) is 5.73 Å². The molecule has 0 spiro atoms. The normalized spacial score (nSPS) is 27.7. The first-order chi connectivity index (χ1) is 6.63. The molecule has 1 aliphatic rings. The molecule has 0 amide bonds. The van der Waals surface area contributed by atoms with Crippen LogP contribution in [0.1, 0.15) is 25.7 Å². The molecule has 1 saturated carbocycles. The van der Waals surface area contributed by atoms with Crippen molar-refractivity contribution >= 4 is 5.97 Å². The summed E-state index contributed by atoms with van der Waals surface area (Å²) in [6.07, 6.45) is 4.32. The summed E-state index contributed by atoms with van der Waals surface area (Å²) in [4.78, 5) is 13.1. The van der Waals surface area contributed by atoms with Crippen LogP contribution in [0.3, 0.4) is 0 Å². The van der Waals surface area contributed by atoms with E-state index < -0.39 is 0 Å².